The van der Waals surface area contributed by atoms with Crippen LogP contribution in [0, 0.1) is 18.3 Å². The first-order valence-electron chi connectivity index (χ1n) is 12.4. The lowest BCUT2D eigenvalue weighted by Crippen LogP contribution is -2.23. The summed E-state index contributed by atoms with van der Waals surface area (Å²) in [4.78, 5) is 22.0. The summed E-state index contributed by atoms with van der Waals surface area (Å²) in [5.74, 6) is 1.55. The number of rotatable bonds is 7. The zero-order valence-corrected chi connectivity index (χ0v) is 22.6. The quantitative estimate of drug-likeness (QED) is 0.375. The predicted octanol–water partition coefficient (Wildman–Crippen LogP) is 5.15. The average molecular weight is 480 g/mol. The Morgan fingerprint density at radius 1 is 1.35 bits per heavy atom. The highest BCUT2D eigenvalue weighted by atomic mass is 28.3. The van der Waals surface area contributed by atoms with Crippen LogP contribution in [0.25, 0.3) is 22.6 Å². The Balaban J connectivity index is 1.49. The van der Waals surface area contributed by atoms with Crippen molar-refractivity contribution in [2.24, 2.45) is 11.3 Å². The molecule has 1 N–H and O–H groups in total. The van der Waals surface area contributed by atoms with Crippen LogP contribution in [-0.4, -0.2) is 47.4 Å². The minimum Gasteiger partial charge on any atom is -0.360 e. The molecule has 0 unspecified atom stereocenters. The molecular formula is C26H37N5O2Si. The van der Waals surface area contributed by atoms with Crippen molar-refractivity contribution in [1.82, 2.24) is 19.7 Å². The van der Waals surface area contributed by atoms with E-state index in [-0.39, 0.29) is 5.91 Å². The molecule has 1 amide bonds. The van der Waals surface area contributed by atoms with E-state index >= 15 is 0 Å². The lowest BCUT2D eigenvalue weighted by atomic mass is 9.87. The third-order valence-electron chi connectivity index (χ3n) is 7.79. The summed E-state index contributed by atoms with van der Waals surface area (Å²) in [7, 11) is 0.677. The Morgan fingerprint density at radius 3 is 2.82 bits per heavy atom. The first-order chi connectivity index (χ1) is 15.9. The monoisotopic (exact) mass is 479 g/mol. The molecule has 0 spiro atoms. The molecule has 5 rings (SSSR count). The van der Waals surface area contributed by atoms with Gasteiger partial charge in [0.2, 0.25) is 5.91 Å². The Kier molecular flexibility index (Phi) is 5.52. The summed E-state index contributed by atoms with van der Waals surface area (Å²) in [6.07, 6.45) is 3.41. The third-order valence-corrected chi connectivity index (χ3v) is 9.50. The minimum absolute atomic E-state index is 0.00707. The van der Waals surface area contributed by atoms with Gasteiger partial charge < -0.3 is 14.6 Å². The number of aromatic nitrogens is 4. The molecule has 7 nitrogen and oxygen atoms in total. The van der Waals surface area contributed by atoms with Gasteiger partial charge in [0.15, 0.2) is 5.82 Å². The Morgan fingerprint density at radius 2 is 2.12 bits per heavy atom. The number of carbonyl (C=O) groups is 1. The number of aromatic amines is 1. The van der Waals surface area contributed by atoms with Crippen LogP contribution < -0.4 is 4.90 Å². The van der Waals surface area contributed by atoms with Gasteiger partial charge in [-0.05, 0) is 61.3 Å². The molecule has 2 aromatic heterocycles. The Hall–Kier alpha value is -2.45. The van der Waals surface area contributed by atoms with Crippen LogP contribution in [0.2, 0.25) is 25.7 Å². The highest BCUT2D eigenvalue weighted by Gasteiger charge is 2.54. The fourth-order valence-corrected chi connectivity index (χ4v) is 5.99. The van der Waals surface area contributed by atoms with E-state index in [2.05, 4.69) is 42.3 Å². The molecule has 3 aromatic rings. The Labute approximate surface area is 202 Å². The lowest BCUT2D eigenvalue weighted by molar-refractivity contribution is -0.116. The van der Waals surface area contributed by atoms with Gasteiger partial charge in [0.05, 0.1) is 11.0 Å². The molecule has 8 heteroatoms. The molecule has 0 aliphatic heterocycles. The van der Waals surface area contributed by atoms with E-state index in [1.54, 1.807) is 18.9 Å². The number of hydrogen-bond acceptors (Lipinski definition) is 4. The number of hydrogen-bond donors (Lipinski definition) is 1. The number of amides is 1. The summed E-state index contributed by atoms with van der Waals surface area (Å²) < 4.78 is 8.18. The number of aryl methyl sites for hydroxylation is 1. The van der Waals surface area contributed by atoms with Gasteiger partial charge in [-0.3, -0.25) is 4.79 Å². The topological polar surface area (TPSA) is 76.0 Å². The summed E-state index contributed by atoms with van der Waals surface area (Å²) >= 11 is 0. The second-order valence-corrected chi connectivity index (χ2v) is 17.5. The number of nitrogens with zero attached hydrogens (tertiary/aromatic N) is 4. The van der Waals surface area contributed by atoms with Gasteiger partial charge >= 0.3 is 0 Å². The van der Waals surface area contributed by atoms with Crippen molar-refractivity contribution in [3.63, 3.8) is 0 Å². The van der Waals surface area contributed by atoms with Crippen LogP contribution in [0.3, 0.4) is 0 Å². The van der Waals surface area contributed by atoms with E-state index in [4.69, 9.17) is 14.8 Å². The maximum atomic E-state index is 11.9. The standard InChI is InChI=1S/C26H37N5O2Si/c1-16-10-20-21(12-22(16)30(4)17(2)32)28-25(27-20)24-19-11-18-13-26(18,3)14-23(19)31(29-24)15-33-8-9-34(5,6)7/h10,12,18H,8-9,11,13-15H2,1-7H3,(H,27,28)/t18-,26-/m1/s1. The van der Waals surface area contributed by atoms with Crippen molar-refractivity contribution in [1.29, 1.82) is 0 Å². The first-order valence-corrected chi connectivity index (χ1v) is 16.1. The molecule has 182 valence electrons. The Bertz CT molecular complexity index is 1270. The van der Waals surface area contributed by atoms with Crippen LogP contribution in [0.5, 0.6) is 0 Å². The molecule has 2 aliphatic rings. The number of H-pyrrole nitrogens is 1. The minimum atomic E-state index is -1.13. The molecule has 2 atom stereocenters. The van der Waals surface area contributed by atoms with E-state index in [9.17, 15) is 4.79 Å². The lowest BCUT2D eigenvalue weighted by Gasteiger charge is -2.20. The smallest absolute Gasteiger partial charge is 0.223 e. The van der Waals surface area contributed by atoms with Gasteiger partial charge in [0.25, 0.3) is 0 Å². The average Bonchev–Trinajstić information content (AvgIpc) is 3.06. The molecule has 0 saturated heterocycles. The number of nitrogens with one attached hydrogen (secondary N) is 1. The highest BCUT2D eigenvalue weighted by molar-refractivity contribution is 6.76. The first kappa shape index (κ1) is 23.3. The predicted molar refractivity (Wildman–Crippen MR) is 139 cm³/mol. The normalized spacial score (nSPS) is 21.4. The van der Waals surface area contributed by atoms with E-state index in [1.807, 2.05) is 13.0 Å². The van der Waals surface area contributed by atoms with Crippen LogP contribution >= 0.6 is 0 Å². The highest BCUT2D eigenvalue weighted by Crippen LogP contribution is 2.60. The van der Waals surface area contributed by atoms with Crippen LogP contribution in [0.4, 0.5) is 5.69 Å². The zero-order valence-electron chi connectivity index (χ0n) is 21.6. The van der Waals surface area contributed by atoms with Crippen molar-refractivity contribution in [3.8, 4) is 11.5 Å². The molecule has 34 heavy (non-hydrogen) atoms. The summed E-state index contributed by atoms with van der Waals surface area (Å²) in [6, 6.07) is 5.22. The number of fused-ring (bicyclic) bond motifs is 3. The zero-order chi connectivity index (χ0) is 24.4. The van der Waals surface area contributed by atoms with Gasteiger partial charge in [0, 0.05) is 45.6 Å². The SMILES string of the molecule is CC(=O)N(C)c1cc2nc(-c3nn(COCC[Si](C)(C)C)c4c3C[C@@H]3C[C@]3(C)C4)[nH]c2cc1C. The molecular weight excluding hydrogens is 442 g/mol. The van der Waals surface area contributed by atoms with Crippen molar-refractivity contribution < 1.29 is 9.53 Å². The van der Waals surface area contributed by atoms with Gasteiger partial charge in [-0.15, -0.1) is 0 Å². The maximum Gasteiger partial charge on any atom is 0.223 e. The molecule has 1 fully saturated rings. The molecule has 1 aromatic carbocycles. The van der Waals surface area contributed by atoms with Crippen LogP contribution in [0.1, 0.15) is 37.1 Å². The van der Waals surface area contributed by atoms with E-state index < -0.39 is 8.07 Å². The number of anilines is 1. The molecule has 0 bridgehead atoms. The summed E-state index contributed by atoms with van der Waals surface area (Å²) in [5, 5.41) is 5.03. The molecule has 2 aliphatic carbocycles. The molecule has 0 radical (unpaired) electrons. The van der Waals surface area contributed by atoms with E-state index in [0.717, 1.165) is 65.2 Å². The van der Waals surface area contributed by atoms with Crippen molar-refractivity contribution in [3.05, 3.63) is 29.0 Å². The number of carbonyl (C=O) groups excluding carboxylic acids is 1. The summed E-state index contributed by atoms with van der Waals surface area (Å²) in [6.45, 7) is 14.4. The number of imidazole rings is 1. The van der Waals surface area contributed by atoms with Crippen LogP contribution in [0.15, 0.2) is 12.1 Å². The van der Waals surface area contributed by atoms with E-state index in [1.165, 1.54) is 17.7 Å². The second kappa shape index (κ2) is 8.05. The fraction of sp³-hybridized carbons (Fsp3) is 0.577. The second-order valence-electron chi connectivity index (χ2n) is 11.9. The maximum absolute atomic E-state index is 11.9. The summed E-state index contributed by atoms with van der Waals surface area (Å²) in [5.41, 5.74) is 7.75. The molecule has 2 heterocycles. The molecule has 1 saturated carbocycles. The third kappa shape index (κ3) is 4.22. The fourth-order valence-electron chi connectivity index (χ4n) is 5.24. The number of ether oxygens (including phenoxy) is 1. The van der Waals surface area contributed by atoms with Gasteiger partial charge in [-0.2, -0.15) is 5.10 Å². The van der Waals surface area contributed by atoms with Crippen LogP contribution in [-0.2, 0) is 29.1 Å². The number of benzene rings is 1. The van der Waals surface area contributed by atoms with Crippen molar-refractivity contribution in [2.75, 3.05) is 18.6 Å². The van der Waals surface area contributed by atoms with E-state index in [0.29, 0.717) is 12.1 Å². The van der Waals surface area contributed by atoms with Crippen molar-refractivity contribution >= 4 is 30.7 Å². The van der Waals surface area contributed by atoms with Gasteiger partial charge in [0.1, 0.15) is 12.4 Å². The van der Waals surface area contributed by atoms with Crippen molar-refractivity contribution in [2.45, 2.75) is 72.4 Å². The largest absolute Gasteiger partial charge is 0.360 e. The van der Waals surface area contributed by atoms with Gasteiger partial charge in [-0.1, -0.05) is 26.6 Å². The van der Waals surface area contributed by atoms with Gasteiger partial charge in [-0.25, -0.2) is 9.67 Å².